The SMILES string of the molecule is CC1CCCN1C(=O)Cc1ccc(C(N)=S)cc1. The summed E-state index contributed by atoms with van der Waals surface area (Å²) in [6.07, 6.45) is 2.70. The van der Waals surface area contributed by atoms with Crippen molar-refractivity contribution in [3.63, 3.8) is 0 Å². The highest BCUT2D eigenvalue weighted by Gasteiger charge is 2.24. The summed E-state index contributed by atoms with van der Waals surface area (Å²) in [6.45, 7) is 3.01. The van der Waals surface area contributed by atoms with E-state index in [0.717, 1.165) is 30.5 Å². The third-order valence-electron chi connectivity index (χ3n) is 3.47. The second kappa shape index (κ2) is 5.48. The topological polar surface area (TPSA) is 46.3 Å². The van der Waals surface area contributed by atoms with E-state index in [2.05, 4.69) is 6.92 Å². The number of likely N-dealkylation sites (tertiary alicyclic amines) is 1. The van der Waals surface area contributed by atoms with Crippen LogP contribution >= 0.6 is 12.2 Å². The Morgan fingerprint density at radius 2 is 2.11 bits per heavy atom. The van der Waals surface area contributed by atoms with Gasteiger partial charge in [0.2, 0.25) is 5.91 Å². The van der Waals surface area contributed by atoms with E-state index >= 15 is 0 Å². The van der Waals surface area contributed by atoms with E-state index in [1.54, 1.807) is 0 Å². The van der Waals surface area contributed by atoms with Gasteiger partial charge >= 0.3 is 0 Å². The first kappa shape index (κ1) is 13.0. The van der Waals surface area contributed by atoms with Crippen LogP contribution in [0, 0.1) is 0 Å². The maximum Gasteiger partial charge on any atom is 0.227 e. The third kappa shape index (κ3) is 2.88. The molecule has 0 aliphatic carbocycles. The predicted octanol–water partition coefficient (Wildman–Crippen LogP) is 1.87. The minimum atomic E-state index is 0.211. The molecule has 3 nitrogen and oxygen atoms in total. The van der Waals surface area contributed by atoms with Gasteiger partial charge in [0.05, 0.1) is 6.42 Å². The molecule has 1 unspecified atom stereocenters. The molecule has 4 heteroatoms. The van der Waals surface area contributed by atoms with E-state index in [0.29, 0.717) is 17.5 Å². The molecule has 1 amide bonds. The number of amides is 1. The molecule has 1 saturated heterocycles. The lowest BCUT2D eigenvalue weighted by Gasteiger charge is -2.21. The Balaban J connectivity index is 2.00. The largest absolute Gasteiger partial charge is 0.389 e. The standard InChI is InChI=1S/C14H18N2OS/c1-10-3-2-8-16(10)13(17)9-11-4-6-12(7-5-11)14(15)18/h4-7,10H,2-3,8-9H2,1H3,(H2,15,18). The van der Waals surface area contributed by atoms with E-state index in [9.17, 15) is 4.79 Å². The van der Waals surface area contributed by atoms with Gasteiger partial charge in [0, 0.05) is 18.2 Å². The molecule has 1 aliphatic rings. The molecule has 0 aromatic heterocycles. The van der Waals surface area contributed by atoms with Crippen LogP contribution in [-0.2, 0) is 11.2 Å². The Hall–Kier alpha value is -1.42. The summed E-state index contributed by atoms with van der Waals surface area (Å²) < 4.78 is 0. The molecule has 0 saturated carbocycles. The van der Waals surface area contributed by atoms with Crippen molar-refractivity contribution >= 4 is 23.1 Å². The fourth-order valence-electron chi connectivity index (χ4n) is 2.37. The van der Waals surface area contributed by atoms with Gasteiger partial charge in [-0.1, -0.05) is 36.5 Å². The van der Waals surface area contributed by atoms with Crippen molar-refractivity contribution in [2.45, 2.75) is 32.2 Å². The summed E-state index contributed by atoms with van der Waals surface area (Å²) in [5.74, 6) is 0.211. The molecule has 2 rings (SSSR count). The first-order valence-corrected chi connectivity index (χ1v) is 6.67. The van der Waals surface area contributed by atoms with Gasteiger partial charge < -0.3 is 10.6 Å². The van der Waals surface area contributed by atoms with Gasteiger partial charge in [0.25, 0.3) is 0 Å². The van der Waals surface area contributed by atoms with Crippen molar-refractivity contribution in [1.82, 2.24) is 4.90 Å². The lowest BCUT2D eigenvalue weighted by molar-refractivity contribution is -0.130. The maximum atomic E-state index is 12.1. The van der Waals surface area contributed by atoms with Crippen molar-refractivity contribution in [2.24, 2.45) is 5.73 Å². The number of benzene rings is 1. The number of carbonyl (C=O) groups excluding carboxylic acids is 1. The summed E-state index contributed by atoms with van der Waals surface area (Å²) in [5, 5.41) is 0. The van der Waals surface area contributed by atoms with Crippen LogP contribution in [0.5, 0.6) is 0 Å². The fourth-order valence-corrected chi connectivity index (χ4v) is 2.50. The minimum Gasteiger partial charge on any atom is -0.389 e. The van der Waals surface area contributed by atoms with E-state index in [1.165, 1.54) is 0 Å². The molecule has 1 atom stereocenters. The molecule has 1 heterocycles. The molecule has 96 valence electrons. The predicted molar refractivity (Wildman–Crippen MR) is 76.4 cm³/mol. The number of thiocarbonyl (C=S) groups is 1. The molecule has 0 spiro atoms. The number of hydrogen-bond donors (Lipinski definition) is 1. The molecular weight excluding hydrogens is 244 g/mol. The summed E-state index contributed by atoms with van der Waals surface area (Å²) in [6, 6.07) is 7.98. The molecule has 0 bridgehead atoms. The normalized spacial score (nSPS) is 18.9. The van der Waals surface area contributed by atoms with Gasteiger partial charge in [0.15, 0.2) is 0 Å². The Kier molecular flexibility index (Phi) is 3.97. The number of carbonyl (C=O) groups is 1. The van der Waals surface area contributed by atoms with Crippen LogP contribution in [0.1, 0.15) is 30.9 Å². The van der Waals surface area contributed by atoms with Crippen molar-refractivity contribution in [3.05, 3.63) is 35.4 Å². The quantitative estimate of drug-likeness (QED) is 0.846. The van der Waals surface area contributed by atoms with Crippen LogP contribution in [0.2, 0.25) is 0 Å². The molecule has 2 N–H and O–H groups in total. The average Bonchev–Trinajstić information content (AvgIpc) is 2.76. The minimum absolute atomic E-state index is 0.211. The molecule has 1 aliphatic heterocycles. The van der Waals surface area contributed by atoms with E-state index < -0.39 is 0 Å². The average molecular weight is 262 g/mol. The van der Waals surface area contributed by atoms with Crippen LogP contribution in [-0.4, -0.2) is 28.4 Å². The van der Waals surface area contributed by atoms with E-state index in [1.807, 2.05) is 29.2 Å². The van der Waals surface area contributed by atoms with Crippen LogP contribution in [0.25, 0.3) is 0 Å². The zero-order valence-electron chi connectivity index (χ0n) is 10.6. The number of rotatable bonds is 3. The van der Waals surface area contributed by atoms with Crippen molar-refractivity contribution in [1.29, 1.82) is 0 Å². The molecule has 1 fully saturated rings. The smallest absolute Gasteiger partial charge is 0.227 e. The lowest BCUT2D eigenvalue weighted by Crippen LogP contribution is -2.34. The van der Waals surface area contributed by atoms with E-state index in [4.69, 9.17) is 18.0 Å². The highest BCUT2D eigenvalue weighted by atomic mass is 32.1. The van der Waals surface area contributed by atoms with Crippen LogP contribution in [0.4, 0.5) is 0 Å². The van der Waals surface area contributed by atoms with Crippen molar-refractivity contribution < 1.29 is 4.79 Å². The Labute approximate surface area is 113 Å². The van der Waals surface area contributed by atoms with Crippen LogP contribution in [0.3, 0.4) is 0 Å². The summed E-state index contributed by atoms with van der Waals surface area (Å²) in [4.78, 5) is 14.5. The Morgan fingerprint density at radius 3 is 2.61 bits per heavy atom. The summed E-state index contributed by atoms with van der Waals surface area (Å²) in [7, 11) is 0. The lowest BCUT2D eigenvalue weighted by atomic mass is 10.1. The second-order valence-electron chi connectivity index (χ2n) is 4.82. The molecule has 0 radical (unpaired) electrons. The van der Waals surface area contributed by atoms with Gasteiger partial charge in [-0.3, -0.25) is 4.79 Å². The van der Waals surface area contributed by atoms with Crippen LogP contribution in [0.15, 0.2) is 24.3 Å². The number of nitrogens with zero attached hydrogens (tertiary/aromatic N) is 1. The Bertz CT molecular complexity index is 455. The highest BCUT2D eigenvalue weighted by molar-refractivity contribution is 7.80. The van der Waals surface area contributed by atoms with E-state index in [-0.39, 0.29) is 5.91 Å². The fraction of sp³-hybridized carbons (Fsp3) is 0.429. The molecule has 18 heavy (non-hydrogen) atoms. The molecule has 1 aromatic carbocycles. The van der Waals surface area contributed by atoms with Crippen molar-refractivity contribution in [2.75, 3.05) is 6.54 Å². The molecule has 1 aromatic rings. The zero-order valence-corrected chi connectivity index (χ0v) is 11.4. The van der Waals surface area contributed by atoms with Gasteiger partial charge in [-0.15, -0.1) is 0 Å². The highest BCUT2D eigenvalue weighted by Crippen LogP contribution is 2.18. The van der Waals surface area contributed by atoms with Gasteiger partial charge in [-0.25, -0.2) is 0 Å². The monoisotopic (exact) mass is 262 g/mol. The second-order valence-corrected chi connectivity index (χ2v) is 5.26. The summed E-state index contributed by atoms with van der Waals surface area (Å²) in [5.41, 5.74) is 7.40. The molecular formula is C14H18N2OS. The third-order valence-corrected chi connectivity index (χ3v) is 3.70. The maximum absolute atomic E-state index is 12.1. The van der Waals surface area contributed by atoms with Gasteiger partial charge in [-0.2, -0.15) is 0 Å². The van der Waals surface area contributed by atoms with Crippen molar-refractivity contribution in [3.8, 4) is 0 Å². The first-order valence-electron chi connectivity index (χ1n) is 6.26. The first-order chi connectivity index (χ1) is 8.58. The van der Waals surface area contributed by atoms with Crippen LogP contribution < -0.4 is 5.73 Å². The zero-order chi connectivity index (χ0) is 13.1. The number of nitrogens with two attached hydrogens (primary N) is 1. The van der Waals surface area contributed by atoms with Gasteiger partial charge in [0.1, 0.15) is 4.99 Å². The summed E-state index contributed by atoms with van der Waals surface area (Å²) >= 11 is 4.90. The Morgan fingerprint density at radius 1 is 1.44 bits per heavy atom. The number of hydrogen-bond acceptors (Lipinski definition) is 2. The van der Waals surface area contributed by atoms with Gasteiger partial charge in [-0.05, 0) is 25.3 Å².